The van der Waals surface area contributed by atoms with Crippen molar-refractivity contribution in [1.29, 1.82) is 0 Å². The van der Waals surface area contributed by atoms with Crippen LogP contribution in [0.15, 0.2) is 47.5 Å². The molecule has 3 aliphatic heterocycles. The number of hydrogen-bond acceptors (Lipinski definition) is 6. The number of carbonyl (C=O) groups is 1. The van der Waals surface area contributed by atoms with Gasteiger partial charge in [-0.1, -0.05) is 30.3 Å². The monoisotopic (exact) mass is 465 g/mol. The minimum absolute atomic E-state index is 0.121. The summed E-state index contributed by atoms with van der Waals surface area (Å²) in [5.41, 5.74) is 0.0227. The maximum atomic E-state index is 12.9. The van der Waals surface area contributed by atoms with Crippen LogP contribution in [0.4, 0.5) is 5.82 Å². The molecule has 2 bridgehead atoms. The van der Waals surface area contributed by atoms with Crippen molar-refractivity contribution in [3.8, 4) is 0 Å². The van der Waals surface area contributed by atoms with Crippen molar-refractivity contribution >= 4 is 11.7 Å². The van der Waals surface area contributed by atoms with Crippen LogP contribution in [0.25, 0.3) is 0 Å². The van der Waals surface area contributed by atoms with Crippen molar-refractivity contribution in [3.63, 3.8) is 0 Å². The summed E-state index contributed by atoms with van der Waals surface area (Å²) in [5.74, 6) is 1.50. The van der Waals surface area contributed by atoms with Gasteiger partial charge in [0.25, 0.3) is 5.56 Å². The molecule has 0 spiro atoms. The van der Waals surface area contributed by atoms with Gasteiger partial charge in [0.1, 0.15) is 5.82 Å². The summed E-state index contributed by atoms with van der Waals surface area (Å²) in [4.78, 5) is 36.6. The number of aliphatic hydroxyl groups is 1. The molecule has 0 aliphatic carbocycles. The Balaban J connectivity index is 1.16. The molecule has 2 atom stereocenters. The van der Waals surface area contributed by atoms with E-state index in [2.05, 4.69) is 21.8 Å². The Kier molecular flexibility index (Phi) is 6.44. The molecule has 1 N–H and O–H groups in total. The molecule has 1 aromatic heterocycles. The lowest BCUT2D eigenvalue weighted by Crippen LogP contribution is -2.49. The highest BCUT2D eigenvalue weighted by atomic mass is 16.3. The Bertz CT molecular complexity index is 1060. The largest absolute Gasteiger partial charge is 0.388 e. The molecule has 0 saturated carbocycles. The minimum atomic E-state index is -1.00. The molecule has 2 unspecified atom stereocenters. The zero-order chi connectivity index (χ0) is 23.7. The first-order valence-corrected chi connectivity index (χ1v) is 12.4. The first-order chi connectivity index (χ1) is 16.4. The van der Waals surface area contributed by atoms with Crippen LogP contribution in [0.2, 0.25) is 0 Å². The van der Waals surface area contributed by atoms with Crippen molar-refractivity contribution in [2.24, 2.45) is 5.92 Å². The third-order valence-electron chi connectivity index (χ3n) is 7.73. The van der Waals surface area contributed by atoms with Crippen LogP contribution in [-0.2, 0) is 17.8 Å². The van der Waals surface area contributed by atoms with Crippen LogP contribution < -0.4 is 10.5 Å². The zero-order valence-corrected chi connectivity index (χ0v) is 20.0. The summed E-state index contributed by atoms with van der Waals surface area (Å²) in [6, 6.07) is 12.0. The topological polar surface area (TPSA) is 81.9 Å². The summed E-state index contributed by atoms with van der Waals surface area (Å²) in [7, 11) is 2.15. The van der Waals surface area contributed by atoms with Crippen LogP contribution in [0, 0.1) is 5.92 Å². The van der Waals surface area contributed by atoms with Crippen LogP contribution in [0.5, 0.6) is 0 Å². The molecular weight excluding hydrogens is 430 g/mol. The van der Waals surface area contributed by atoms with Gasteiger partial charge in [0, 0.05) is 51.3 Å². The molecule has 3 saturated heterocycles. The predicted octanol–water partition coefficient (Wildman–Crippen LogP) is 1.37. The lowest BCUT2D eigenvalue weighted by Gasteiger charge is -2.38. The SMILES string of the molecule is CN1CC2CC(C1)N(c1cc(=O)n(CC3(O)CCN(C(=O)CCc4ccccc4)CC3)cn1)C2. The lowest BCUT2D eigenvalue weighted by atomic mass is 9.91. The lowest BCUT2D eigenvalue weighted by molar-refractivity contribution is -0.135. The first kappa shape index (κ1) is 23.1. The number of amides is 1. The number of rotatable bonds is 6. The summed E-state index contributed by atoms with van der Waals surface area (Å²) < 4.78 is 1.52. The van der Waals surface area contributed by atoms with Crippen molar-refractivity contribution < 1.29 is 9.90 Å². The number of aromatic nitrogens is 2. The van der Waals surface area contributed by atoms with Crippen molar-refractivity contribution in [2.45, 2.75) is 50.3 Å². The smallest absolute Gasteiger partial charge is 0.255 e. The normalized spacial score (nSPS) is 24.4. The molecule has 1 aromatic carbocycles. The van der Waals surface area contributed by atoms with Gasteiger partial charge in [0.15, 0.2) is 0 Å². The molecule has 1 amide bonds. The van der Waals surface area contributed by atoms with Gasteiger partial charge in [0.2, 0.25) is 5.91 Å². The fourth-order valence-corrected chi connectivity index (χ4v) is 5.87. The molecule has 4 heterocycles. The molecule has 5 rings (SSSR count). The van der Waals surface area contributed by atoms with E-state index >= 15 is 0 Å². The molecule has 0 radical (unpaired) electrons. The third kappa shape index (κ3) is 5.03. The summed E-state index contributed by atoms with van der Waals surface area (Å²) in [6.45, 7) is 4.28. The first-order valence-electron chi connectivity index (χ1n) is 12.4. The number of nitrogens with zero attached hydrogens (tertiary/aromatic N) is 5. The second-order valence-corrected chi connectivity index (χ2v) is 10.4. The Hall–Kier alpha value is -2.71. The number of piperidine rings is 2. The van der Waals surface area contributed by atoms with Crippen molar-refractivity contribution in [2.75, 3.05) is 44.7 Å². The van der Waals surface area contributed by atoms with E-state index in [0.717, 1.165) is 43.9 Å². The fourth-order valence-electron chi connectivity index (χ4n) is 5.87. The Morgan fingerprint density at radius 1 is 1.15 bits per heavy atom. The molecule has 3 fully saturated rings. The molecule has 2 aromatic rings. The van der Waals surface area contributed by atoms with Crippen molar-refractivity contribution in [3.05, 3.63) is 58.6 Å². The summed E-state index contributed by atoms with van der Waals surface area (Å²) in [5, 5.41) is 11.1. The molecule has 34 heavy (non-hydrogen) atoms. The number of carbonyl (C=O) groups excluding carboxylic acids is 1. The van der Waals surface area contributed by atoms with Gasteiger partial charge < -0.3 is 19.8 Å². The van der Waals surface area contributed by atoms with Crippen molar-refractivity contribution in [1.82, 2.24) is 19.4 Å². The van der Waals surface area contributed by atoms with Gasteiger partial charge in [-0.05, 0) is 44.2 Å². The Labute approximate surface area is 200 Å². The minimum Gasteiger partial charge on any atom is -0.388 e. The van der Waals surface area contributed by atoms with E-state index in [-0.39, 0.29) is 18.0 Å². The highest BCUT2D eigenvalue weighted by Gasteiger charge is 2.38. The molecular formula is C26H35N5O3. The number of anilines is 1. The molecule has 182 valence electrons. The fraction of sp³-hybridized carbons (Fsp3) is 0.577. The number of aryl methyl sites for hydroxylation is 1. The number of fused-ring (bicyclic) bond motifs is 2. The highest BCUT2D eigenvalue weighted by molar-refractivity contribution is 5.76. The number of benzene rings is 1. The van der Waals surface area contributed by atoms with Crippen LogP contribution in [0.1, 0.15) is 31.2 Å². The average Bonchev–Trinajstić information content (AvgIpc) is 3.14. The molecule has 8 heteroatoms. The second kappa shape index (κ2) is 9.50. The van der Waals surface area contributed by atoms with Gasteiger partial charge in [0.05, 0.1) is 18.5 Å². The van der Waals surface area contributed by atoms with E-state index in [1.165, 1.54) is 4.57 Å². The van der Waals surface area contributed by atoms with Crippen LogP contribution in [0.3, 0.4) is 0 Å². The van der Waals surface area contributed by atoms with Gasteiger partial charge in [-0.15, -0.1) is 0 Å². The molecule has 8 nitrogen and oxygen atoms in total. The highest BCUT2D eigenvalue weighted by Crippen LogP contribution is 2.32. The maximum Gasteiger partial charge on any atom is 0.255 e. The summed E-state index contributed by atoms with van der Waals surface area (Å²) >= 11 is 0. The van der Waals surface area contributed by atoms with E-state index in [4.69, 9.17) is 0 Å². The second-order valence-electron chi connectivity index (χ2n) is 10.4. The summed E-state index contributed by atoms with van der Waals surface area (Å²) in [6.07, 6.45) is 4.86. The van der Waals surface area contributed by atoms with E-state index in [0.29, 0.717) is 44.3 Å². The number of hydrogen-bond donors (Lipinski definition) is 1. The average molecular weight is 466 g/mol. The van der Waals surface area contributed by atoms with Gasteiger partial charge >= 0.3 is 0 Å². The van der Waals surface area contributed by atoms with Crippen LogP contribution >= 0.6 is 0 Å². The van der Waals surface area contributed by atoms with E-state index in [1.54, 1.807) is 12.4 Å². The standard InChI is InChI=1S/C26H35N5O3/c1-28-15-21-13-22(17-28)31(16-21)23-14-25(33)30(19-27-23)18-26(34)9-11-29(12-10-26)24(32)8-7-20-5-3-2-4-6-20/h2-6,14,19,21-22,34H,7-13,15-18H2,1H3. The van der Waals surface area contributed by atoms with Crippen LogP contribution in [-0.4, -0.2) is 81.8 Å². The van der Waals surface area contributed by atoms with E-state index < -0.39 is 5.60 Å². The van der Waals surface area contributed by atoms with Gasteiger partial charge in [-0.2, -0.15) is 0 Å². The third-order valence-corrected chi connectivity index (χ3v) is 7.73. The molecule has 3 aliphatic rings. The predicted molar refractivity (Wildman–Crippen MR) is 131 cm³/mol. The Morgan fingerprint density at radius 3 is 2.65 bits per heavy atom. The number of likely N-dealkylation sites (N-methyl/N-ethyl adjacent to an activating group) is 1. The van der Waals surface area contributed by atoms with E-state index in [1.807, 2.05) is 35.2 Å². The van der Waals surface area contributed by atoms with Gasteiger partial charge in [-0.3, -0.25) is 14.2 Å². The quantitative estimate of drug-likeness (QED) is 0.694. The van der Waals surface area contributed by atoms with E-state index in [9.17, 15) is 14.7 Å². The number of likely N-dealkylation sites (tertiary alicyclic amines) is 2. The maximum absolute atomic E-state index is 12.9. The zero-order valence-electron chi connectivity index (χ0n) is 20.0. The van der Waals surface area contributed by atoms with Gasteiger partial charge in [-0.25, -0.2) is 4.98 Å². The Morgan fingerprint density at radius 2 is 1.91 bits per heavy atom.